The normalized spacial score (nSPS) is 10.2. The number of anilines is 1. The number of hydrogen-bond donors (Lipinski definition) is 1. The van der Waals surface area contributed by atoms with Crippen LogP contribution < -0.4 is 4.72 Å². The van der Waals surface area contributed by atoms with E-state index in [0.29, 0.717) is 0 Å². The first-order chi connectivity index (χ1) is 7.48. The Hall–Kier alpha value is -2.12. The van der Waals surface area contributed by atoms with E-state index in [0.717, 1.165) is 18.2 Å². The molecule has 0 saturated carbocycles. The standard InChI is InChI=1S/C9H6FN3O2S/c10-8-1-2-9(7(5-8)6-12)13-16(14,15)4-3-11/h1-2,5,13H,4H2. The van der Waals surface area contributed by atoms with Crippen LogP contribution in [0.1, 0.15) is 5.56 Å². The predicted molar refractivity (Wildman–Crippen MR) is 54.1 cm³/mol. The minimum Gasteiger partial charge on any atom is -0.281 e. The zero-order valence-electron chi connectivity index (χ0n) is 7.94. The highest BCUT2D eigenvalue weighted by molar-refractivity contribution is 7.92. The largest absolute Gasteiger partial charge is 0.281 e. The summed E-state index contributed by atoms with van der Waals surface area (Å²) in [5.74, 6) is -1.37. The van der Waals surface area contributed by atoms with Crippen molar-refractivity contribution in [2.24, 2.45) is 0 Å². The number of rotatable bonds is 3. The minimum absolute atomic E-state index is 0.0425. The number of nitrogens with one attached hydrogen (secondary N) is 1. The van der Waals surface area contributed by atoms with E-state index in [1.54, 1.807) is 6.07 Å². The van der Waals surface area contributed by atoms with Crippen molar-refractivity contribution in [1.82, 2.24) is 0 Å². The molecule has 0 unspecified atom stereocenters. The van der Waals surface area contributed by atoms with Gasteiger partial charge >= 0.3 is 0 Å². The Balaban J connectivity index is 3.09. The second-order valence-corrected chi connectivity index (χ2v) is 4.54. The molecule has 0 heterocycles. The van der Waals surface area contributed by atoms with Gasteiger partial charge in [0, 0.05) is 0 Å². The lowest BCUT2D eigenvalue weighted by Crippen LogP contribution is -2.16. The quantitative estimate of drug-likeness (QED) is 0.850. The molecule has 0 fully saturated rings. The molecule has 5 nitrogen and oxygen atoms in total. The van der Waals surface area contributed by atoms with Gasteiger partial charge in [0.15, 0.2) is 5.75 Å². The van der Waals surface area contributed by atoms with Crippen molar-refractivity contribution in [3.05, 3.63) is 29.6 Å². The molecule has 0 aliphatic heterocycles. The van der Waals surface area contributed by atoms with Gasteiger partial charge in [-0.3, -0.25) is 4.72 Å². The van der Waals surface area contributed by atoms with Gasteiger partial charge in [-0.05, 0) is 18.2 Å². The molecule has 0 aliphatic carbocycles. The molecule has 16 heavy (non-hydrogen) atoms. The maximum Gasteiger partial charge on any atom is 0.246 e. The van der Waals surface area contributed by atoms with Crippen LogP contribution in [-0.4, -0.2) is 14.2 Å². The number of hydrogen-bond acceptors (Lipinski definition) is 4. The summed E-state index contributed by atoms with van der Waals surface area (Å²) in [4.78, 5) is 0. The Labute approximate surface area is 91.8 Å². The lowest BCUT2D eigenvalue weighted by Gasteiger charge is -2.06. The molecular weight excluding hydrogens is 233 g/mol. The first kappa shape index (κ1) is 12.0. The van der Waals surface area contributed by atoms with Crippen LogP contribution >= 0.6 is 0 Å². The fraction of sp³-hybridized carbons (Fsp3) is 0.111. The molecule has 0 saturated heterocycles. The molecule has 0 spiro atoms. The van der Waals surface area contributed by atoms with Crippen LogP contribution in [0.5, 0.6) is 0 Å². The van der Waals surface area contributed by atoms with E-state index in [-0.39, 0.29) is 11.3 Å². The summed E-state index contributed by atoms with van der Waals surface area (Å²) < 4.78 is 37.2. The average Bonchev–Trinajstić information content (AvgIpc) is 2.20. The van der Waals surface area contributed by atoms with E-state index >= 15 is 0 Å². The van der Waals surface area contributed by atoms with Crippen molar-refractivity contribution >= 4 is 15.7 Å². The van der Waals surface area contributed by atoms with Gasteiger partial charge in [0.1, 0.15) is 11.9 Å². The summed E-state index contributed by atoms with van der Waals surface area (Å²) in [6.07, 6.45) is 0. The Morgan fingerprint density at radius 2 is 2.06 bits per heavy atom. The van der Waals surface area contributed by atoms with Crippen molar-refractivity contribution in [3.8, 4) is 12.1 Å². The van der Waals surface area contributed by atoms with Crippen LogP contribution in [-0.2, 0) is 10.0 Å². The van der Waals surface area contributed by atoms with Gasteiger partial charge in [0.2, 0.25) is 10.0 Å². The molecule has 1 rings (SSSR count). The van der Waals surface area contributed by atoms with Crippen LogP contribution in [0, 0.1) is 28.5 Å². The molecule has 0 aromatic heterocycles. The molecule has 1 aromatic carbocycles. The van der Waals surface area contributed by atoms with Crippen LogP contribution in [0.25, 0.3) is 0 Å². The molecule has 0 aliphatic rings. The van der Waals surface area contributed by atoms with Crippen molar-refractivity contribution in [2.75, 3.05) is 10.5 Å². The van der Waals surface area contributed by atoms with E-state index < -0.39 is 21.6 Å². The van der Waals surface area contributed by atoms with E-state index in [9.17, 15) is 12.8 Å². The van der Waals surface area contributed by atoms with Gasteiger partial charge in [-0.15, -0.1) is 0 Å². The van der Waals surface area contributed by atoms with Crippen LogP contribution in [0.4, 0.5) is 10.1 Å². The highest BCUT2D eigenvalue weighted by Crippen LogP contribution is 2.17. The summed E-state index contributed by atoms with van der Waals surface area (Å²) in [5, 5.41) is 16.9. The van der Waals surface area contributed by atoms with Gasteiger partial charge < -0.3 is 0 Å². The highest BCUT2D eigenvalue weighted by Gasteiger charge is 2.12. The Morgan fingerprint density at radius 1 is 1.38 bits per heavy atom. The number of benzene rings is 1. The fourth-order valence-electron chi connectivity index (χ4n) is 0.987. The van der Waals surface area contributed by atoms with Crippen LogP contribution in [0.2, 0.25) is 0 Å². The van der Waals surface area contributed by atoms with Gasteiger partial charge in [0.05, 0.1) is 17.3 Å². The maximum atomic E-state index is 12.7. The summed E-state index contributed by atoms with van der Waals surface area (Å²) in [6, 6.07) is 6.17. The van der Waals surface area contributed by atoms with E-state index in [1.807, 2.05) is 4.72 Å². The predicted octanol–water partition coefficient (Wildman–Crippen LogP) is 0.963. The fourth-order valence-corrected chi connectivity index (χ4v) is 1.74. The van der Waals surface area contributed by atoms with Crippen LogP contribution in [0.15, 0.2) is 18.2 Å². The zero-order chi connectivity index (χ0) is 12.2. The Morgan fingerprint density at radius 3 is 2.62 bits per heavy atom. The van der Waals surface area contributed by atoms with E-state index in [4.69, 9.17) is 10.5 Å². The van der Waals surface area contributed by atoms with Gasteiger partial charge in [-0.25, -0.2) is 12.8 Å². The second-order valence-electron chi connectivity index (χ2n) is 2.82. The number of sulfonamides is 1. The third kappa shape index (κ3) is 2.94. The summed E-state index contributed by atoms with van der Waals surface area (Å²) >= 11 is 0. The van der Waals surface area contributed by atoms with Crippen molar-refractivity contribution in [1.29, 1.82) is 10.5 Å². The van der Waals surface area contributed by atoms with E-state index in [2.05, 4.69) is 0 Å². The maximum absolute atomic E-state index is 12.7. The van der Waals surface area contributed by atoms with Crippen LogP contribution in [0.3, 0.4) is 0 Å². The Kier molecular flexibility index (Phi) is 3.44. The molecule has 0 radical (unpaired) electrons. The SMILES string of the molecule is N#CCS(=O)(=O)Nc1ccc(F)cc1C#N. The van der Waals surface area contributed by atoms with Gasteiger partial charge in [0.25, 0.3) is 0 Å². The molecule has 1 N–H and O–H groups in total. The van der Waals surface area contributed by atoms with Crippen molar-refractivity contribution in [2.45, 2.75) is 0 Å². The van der Waals surface area contributed by atoms with Crippen molar-refractivity contribution in [3.63, 3.8) is 0 Å². The Bertz CT molecular complexity index is 584. The lowest BCUT2D eigenvalue weighted by atomic mass is 10.2. The summed E-state index contributed by atoms with van der Waals surface area (Å²) in [5.41, 5.74) is -0.180. The molecule has 0 atom stereocenters. The first-order valence-electron chi connectivity index (χ1n) is 4.05. The number of nitriles is 2. The van der Waals surface area contributed by atoms with Gasteiger partial charge in [-0.1, -0.05) is 0 Å². The molecule has 7 heteroatoms. The summed E-state index contributed by atoms with van der Waals surface area (Å²) in [7, 11) is -3.81. The van der Waals surface area contributed by atoms with Crippen molar-refractivity contribution < 1.29 is 12.8 Å². The molecule has 0 amide bonds. The molecule has 82 valence electrons. The third-order valence-corrected chi connectivity index (χ3v) is 2.66. The molecule has 1 aromatic rings. The molecular formula is C9H6FN3O2S. The van der Waals surface area contributed by atoms with Gasteiger partial charge in [-0.2, -0.15) is 10.5 Å². The summed E-state index contributed by atoms with van der Waals surface area (Å²) in [6.45, 7) is 0. The zero-order valence-corrected chi connectivity index (χ0v) is 8.75. The smallest absolute Gasteiger partial charge is 0.246 e. The topological polar surface area (TPSA) is 93.8 Å². The monoisotopic (exact) mass is 239 g/mol. The highest BCUT2D eigenvalue weighted by atomic mass is 32.2. The second kappa shape index (κ2) is 4.60. The number of halogens is 1. The average molecular weight is 239 g/mol. The third-order valence-electron chi connectivity index (χ3n) is 1.62. The van der Waals surface area contributed by atoms with E-state index in [1.165, 1.54) is 6.07 Å². The minimum atomic E-state index is -3.81. The number of nitrogens with zero attached hydrogens (tertiary/aromatic N) is 2. The first-order valence-corrected chi connectivity index (χ1v) is 5.71. The lowest BCUT2D eigenvalue weighted by molar-refractivity contribution is 0.604. The molecule has 0 bridgehead atoms.